The number of aromatic amines is 1. The first kappa shape index (κ1) is 13.1. The third kappa shape index (κ3) is 1.99. The summed E-state index contributed by atoms with van der Waals surface area (Å²) in [6.45, 7) is 2.90. The second kappa shape index (κ2) is 4.98. The topological polar surface area (TPSA) is 49.0 Å². The molecule has 4 rings (SSSR count). The predicted octanol–water partition coefficient (Wildman–Crippen LogP) is 3.67. The van der Waals surface area contributed by atoms with Crippen LogP contribution in [0.1, 0.15) is 18.4 Å². The summed E-state index contributed by atoms with van der Waals surface area (Å²) in [7, 11) is 0. The molecule has 2 heterocycles. The van der Waals surface area contributed by atoms with Crippen LogP contribution in [0.2, 0.25) is 0 Å². The van der Waals surface area contributed by atoms with Gasteiger partial charge in [-0.3, -0.25) is 9.89 Å². The van der Waals surface area contributed by atoms with Crippen LogP contribution in [-0.2, 0) is 4.79 Å². The third-order valence-electron chi connectivity index (χ3n) is 4.36. The normalized spacial score (nSPS) is 15.0. The molecule has 0 saturated carbocycles. The number of aryl methyl sites for hydroxylation is 1. The second-order valence-electron chi connectivity index (χ2n) is 5.79. The summed E-state index contributed by atoms with van der Waals surface area (Å²) < 4.78 is 0. The Morgan fingerprint density at radius 1 is 1.23 bits per heavy atom. The molecule has 22 heavy (non-hydrogen) atoms. The molecule has 1 fully saturated rings. The Kier molecular flexibility index (Phi) is 2.96. The molecule has 0 bridgehead atoms. The van der Waals surface area contributed by atoms with Gasteiger partial charge in [-0.15, -0.1) is 0 Å². The van der Waals surface area contributed by atoms with Crippen molar-refractivity contribution in [3.63, 3.8) is 0 Å². The van der Waals surface area contributed by atoms with Gasteiger partial charge in [-0.1, -0.05) is 18.2 Å². The van der Waals surface area contributed by atoms with E-state index >= 15 is 0 Å². The summed E-state index contributed by atoms with van der Waals surface area (Å²) >= 11 is 0. The number of anilines is 1. The first-order valence-electron chi connectivity index (χ1n) is 7.57. The zero-order valence-corrected chi connectivity index (χ0v) is 12.5. The number of benzene rings is 2. The highest BCUT2D eigenvalue weighted by Crippen LogP contribution is 2.32. The summed E-state index contributed by atoms with van der Waals surface area (Å²) in [6, 6.07) is 12.5. The number of amides is 1. The first-order valence-corrected chi connectivity index (χ1v) is 7.57. The number of carbonyl (C=O) groups is 1. The van der Waals surface area contributed by atoms with Crippen LogP contribution < -0.4 is 4.90 Å². The number of hydrogen-bond donors (Lipinski definition) is 1. The predicted molar refractivity (Wildman–Crippen MR) is 87.9 cm³/mol. The number of nitrogens with one attached hydrogen (secondary N) is 1. The van der Waals surface area contributed by atoms with Gasteiger partial charge in [-0.05, 0) is 48.2 Å². The number of hydrogen-bond acceptors (Lipinski definition) is 2. The second-order valence-corrected chi connectivity index (χ2v) is 5.79. The average Bonchev–Trinajstić information content (AvgIpc) is 3.15. The third-order valence-corrected chi connectivity index (χ3v) is 4.36. The maximum absolute atomic E-state index is 11.9. The highest BCUT2D eigenvalue weighted by molar-refractivity contribution is 5.98. The standard InChI is InChI=1S/C18H17N3O/c1-12-10-13(7-8-17(12)21-9-3-6-18(21)22)14-4-2-5-16-15(14)11-19-20-16/h2,4-5,7-8,10-11H,3,6,9H2,1H3,(H,19,20). The minimum absolute atomic E-state index is 0.229. The number of rotatable bonds is 2. The van der Waals surface area contributed by atoms with Crippen LogP contribution in [0.4, 0.5) is 5.69 Å². The maximum atomic E-state index is 11.9. The summed E-state index contributed by atoms with van der Waals surface area (Å²) in [5.41, 5.74) is 5.52. The van der Waals surface area contributed by atoms with Crippen molar-refractivity contribution >= 4 is 22.5 Å². The van der Waals surface area contributed by atoms with Gasteiger partial charge in [0.1, 0.15) is 0 Å². The molecule has 1 N–H and O–H groups in total. The van der Waals surface area contributed by atoms with Crippen molar-refractivity contribution in [3.8, 4) is 11.1 Å². The molecule has 4 heteroatoms. The molecular formula is C18H17N3O. The Bertz CT molecular complexity index is 866. The lowest BCUT2D eigenvalue weighted by Gasteiger charge is -2.19. The van der Waals surface area contributed by atoms with Gasteiger partial charge in [0, 0.05) is 24.0 Å². The first-order chi connectivity index (χ1) is 10.7. The van der Waals surface area contributed by atoms with Crippen molar-refractivity contribution in [1.29, 1.82) is 0 Å². The van der Waals surface area contributed by atoms with Crippen LogP contribution >= 0.6 is 0 Å². The molecule has 4 nitrogen and oxygen atoms in total. The summed E-state index contributed by atoms with van der Waals surface area (Å²) in [5, 5.41) is 8.24. The largest absolute Gasteiger partial charge is 0.312 e. The number of carbonyl (C=O) groups excluding carboxylic acids is 1. The average molecular weight is 291 g/mol. The van der Waals surface area contributed by atoms with Crippen LogP contribution in [0.25, 0.3) is 22.0 Å². The van der Waals surface area contributed by atoms with E-state index in [1.807, 2.05) is 23.2 Å². The zero-order valence-electron chi connectivity index (χ0n) is 12.5. The van der Waals surface area contributed by atoms with Gasteiger partial charge < -0.3 is 4.90 Å². The molecule has 0 radical (unpaired) electrons. The zero-order chi connectivity index (χ0) is 15.1. The van der Waals surface area contributed by atoms with Crippen molar-refractivity contribution in [2.45, 2.75) is 19.8 Å². The smallest absolute Gasteiger partial charge is 0.227 e. The van der Waals surface area contributed by atoms with Crippen molar-refractivity contribution in [3.05, 3.63) is 48.2 Å². The van der Waals surface area contributed by atoms with E-state index < -0.39 is 0 Å². The molecular weight excluding hydrogens is 274 g/mol. The van der Waals surface area contributed by atoms with Crippen molar-refractivity contribution in [2.75, 3.05) is 11.4 Å². The molecule has 3 aromatic rings. The molecule has 1 aliphatic rings. The molecule has 0 unspecified atom stereocenters. The Labute approximate surface area is 128 Å². The molecule has 1 aliphatic heterocycles. The van der Waals surface area contributed by atoms with E-state index in [0.717, 1.165) is 46.2 Å². The fourth-order valence-electron chi connectivity index (χ4n) is 3.25. The van der Waals surface area contributed by atoms with Crippen molar-refractivity contribution < 1.29 is 4.79 Å². The fourth-order valence-corrected chi connectivity index (χ4v) is 3.25. The molecule has 0 spiro atoms. The van der Waals surface area contributed by atoms with Crippen molar-refractivity contribution in [2.24, 2.45) is 0 Å². The summed E-state index contributed by atoms with van der Waals surface area (Å²) in [4.78, 5) is 13.8. The monoisotopic (exact) mass is 291 g/mol. The van der Waals surface area contributed by atoms with Crippen LogP contribution in [0.15, 0.2) is 42.6 Å². The van der Waals surface area contributed by atoms with Crippen LogP contribution in [-0.4, -0.2) is 22.6 Å². The molecule has 2 aromatic carbocycles. The van der Waals surface area contributed by atoms with Gasteiger partial charge in [0.15, 0.2) is 0 Å². The van der Waals surface area contributed by atoms with E-state index in [9.17, 15) is 4.79 Å². The van der Waals surface area contributed by atoms with Gasteiger partial charge in [0.05, 0.1) is 11.7 Å². The summed E-state index contributed by atoms with van der Waals surface area (Å²) in [6.07, 6.45) is 3.47. The molecule has 1 saturated heterocycles. The van der Waals surface area contributed by atoms with Crippen LogP contribution in [0, 0.1) is 6.92 Å². The van der Waals surface area contributed by atoms with Gasteiger partial charge in [0.2, 0.25) is 5.91 Å². The molecule has 1 aromatic heterocycles. The van der Waals surface area contributed by atoms with E-state index in [-0.39, 0.29) is 5.91 Å². The lowest BCUT2D eigenvalue weighted by Crippen LogP contribution is -2.24. The van der Waals surface area contributed by atoms with Crippen LogP contribution in [0.3, 0.4) is 0 Å². The molecule has 0 atom stereocenters. The van der Waals surface area contributed by atoms with E-state index in [1.165, 1.54) is 0 Å². The highest BCUT2D eigenvalue weighted by Gasteiger charge is 2.23. The SMILES string of the molecule is Cc1cc(-c2cccc3[nH]ncc23)ccc1N1CCCC1=O. The quantitative estimate of drug-likeness (QED) is 0.783. The van der Waals surface area contributed by atoms with E-state index in [1.54, 1.807) is 0 Å². The number of H-pyrrole nitrogens is 1. The van der Waals surface area contributed by atoms with E-state index in [0.29, 0.717) is 6.42 Å². The van der Waals surface area contributed by atoms with E-state index in [4.69, 9.17) is 0 Å². The van der Waals surface area contributed by atoms with Gasteiger partial charge in [0.25, 0.3) is 0 Å². The highest BCUT2D eigenvalue weighted by atomic mass is 16.2. The maximum Gasteiger partial charge on any atom is 0.227 e. The van der Waals surface area contributed by atoms with Gasteiger partial charge in [-0.25, -0.2) is 0 Å². The van der Waals surface area contributed by atoms with Crippen LogP contribution in [0.5, 0.6) is 0 Å². The van der Waals surface area contributed by atoms with Gasteiger partial charge in [-0.2, -0.15) is 5.10 Å². The lowest BCUT2D eigenvalue weighted by atomic mass is 9.99. The molecule has 1 amide bonds. The Balaban J connectivity index is 1.79. The fraction of sp³-hybridized carbons (Fsp3) is 0.222. The summed E-state index contributed by atoms with van der Waals surface area (Å²) in [5.74, 6) is 0.229. The molecule has 110 valence electrons. The van der Waals surface area contributed by atoms with Gasteiger partial charge >= 0.3 is 0 Å². The lowest BCUT2D eigenvalue weighted by molar-refractivity contribution is -0.117. The number of nitrogens with zero attached hydrogens (tertiary/aromatic N) is 2. The number of fused-ring (bicyclic) bond motifs is 1. The van der Waals surface area contributed by atoms with E-state index in [2.05, 4.69) is 41.4 Å². The van der Waals surface area contributed by atoms with Crippen molar-refractivity contribution in [1.82, 2.24) is 10.2 Å². The number of aromatic nitrogens is 2. The minimum atomic E-state index is 0.229. The Hall–Kier alpha value is -2.62. The minimum Gasteiger partial charge on any atom is -0.312 e. The Morgan fingerprint density at radius 2 is 2.14 bits per heavy atom. The molecule has 0 aliphatic carbocycles. The Morgan fingerprint density at radius 3 is 2.91 bits per heavy atom.